The van der Waals surface area contributed by atoms with Gasteiger partial charge >= 0.3 is 0 Å². The molecule has 0 spiro atoms. The lowest BCUT2D eigenvalue weighted by molar-refractivity contribution is 0.355. The smallest absolute Gasteiger partial charge is 0.176 e. The van der Waals surface area contributed by atoms with Crippen LogP contribution in [0.25, 0.3) is 22.3 Å². The minimum Gasteiger partial charge on any atom is -0.493 e. The third-order valence-corrected chi connectivity index (χ3v) is 4.12. The van der Waals surface area contributed by atoms with E-state index < -0.39 is 0 Å². The van der Waals surface area contributed by atoms with Crippen molar-refractivity contribution in [3.8, 4) is 28.6 Å². The van der Waals surface area contributed by atoms with E-state index in [0.29, 0.717) is 17.2 Å². The molecule has 0 bridgehead atoms. The molecule has 1 aromatic heterocycles. The van der Waals surface area contributed by atoms with Gasteiger partial charge in [-0.2, -0.15) is 0 Å². The highest BCUT2D eigenvalue weighted by molar-refractivity contribution is 9.10. The van der Waals surface area contributed by atoms with Gasteiger partial charge in [-0.05, 0) is 40.2 Å². The van der Waals surface area contributed by atoms with Gasteiger partial charge in [0.25, 0.3) is 0 Å². The van der Waals surface area contributed by atoms with Crippen LogP contribution in [0.3, 0.4) is 0 Å². The third kappa shape index (κ3) is 2.41. The molecule has 114 valence electrons. The molecule has 0 aliphatic heterocycles. The van der Waals surface area contributed by atoms with Crippen LogP contribution in [0.1, 0.15) is 0 Å². The van der Waals surface area contributed by atoms with Gasteiger partial charge in [0.05, 0.1) is 21.3 Å². The molecular weight excluding hydrogens is 348 g/mol. The quantitative estimate of drug-likeness (QED) is 0.662. The van der Waals surface area contributed by atoms with Gasteiger partial charge in [0.1, 0.15) is 5.76 Å². The van der Waals surface area contributed by atoms with Crippen molar-refractivity contribution < 1.29 is 18.6 Å². The number of methoxy groups -OCH3 is 3. The van der Waals surface area contributed by atoms with Crippen LogP contribution >= 0.6 is 15.9 Å². The fourth-order valence-electron chi connectivity index (χ4n) is 2.37. The van der Waals surface area contributed by atoms with Crippen molar-refractivity contribution in [3.63, 3.8) is 0 Å². The van der Waals surface area contributed by atoms with Crippen molar-refractivity contribution in [1.29, 1.82) is 0 Å². The van der Waals surface area contributed by atoms with E-state index in [1.165, 1.54) is 0 Å². The van der Waals surface area contributed by atoms with Gasteiger partial charge < -0.3 is 18.6 Å². The topological polar surface area (TPSA) is 40.8 Å². The molecule has 3 aromatic rings. The minimum atomic E-state index is 0.646. The first-order chi connectivity index (χ1) is 10.7. The Labute approximate surface area is 136 Å². The average Bonchev–Trinajstić information content (AvgIpc) is 2.98. The second-order valence-corrected chi connectivity index (χ2v) is 5.53. The van der Waals surface area contributed by atoms with Crippen molar-refractivity contribution >= 4 is 26.9 Å². The monoisotopic (exact) mass is 362 g/mol. The van der Waals surface area contributed by atoms with E-state index in [0.717, 1.165) is 26.8 Å². The first-order valence-corrected chi connectivity index (χ1v) is 7.45. The average molecular weight is 363 g/mol. The Bertz CT molecular complexity index is 823. The second kappa shape index (κ2) is 5.93. The van der Waals surface area contributed by atoms with Gasteiger partial charge in [0.15, 0.2) is 22.8 Å². The fourth-order valence-corrected chi connectivity index (χ4v) is 2.89. The number of furan rings is 1. The van der Waals surface area contributed by atoms with Gasteiger partial charge in [-0.3, -0.25) is 0 Å². The van der Waals surface area contributed by atoms with Crippen LogP contribution in [0.2, 0.25) is 0 Å². The molecule has 0 unspecified atom stereocenters. The number of hydrogen-bond donors (Lipinski definition) is 0. The van der Waals surface area contributed by atoms with Crippen molar-refractivity contribution in [1.82, 2.24) is 0 Å². The molecule has 3 rings (SSSR count). The van der Waals surface area contributed by atoms with E-state index in [9.17, 15) is 0 Å². The normalized spacial score (nSPS) is 10.7. The van der Waals surface area contributed by atoms with Gasteiger partial charge in [-0.25, -0.2) is 0 Å². The molecule has 0 fully saturated rings. The Hall–Kier alpha value is -2.14. The summed E-state index contributed by atoms with van der Waals surface area (Å²) >= 11 is 3.55. The molecule has 1 heterocycles. The number of rotatable bonds is 4. The third-order valence-electron chi connectivity index (χ3n) is 3.47. The Morgan fingerprint density at radius 2 is 1.55 bits per heavy atom. The lowest BCUT2D eigenvalue weighted by Gasteiger charge is -2.10. The SMILES string of the molecule is COc1cc(Br)c(-c2cc3cccc(OC)c3o2)cc1OC. The number of para-hydroxylation sites is 1. The molecule has 2 aromatic carbocycles. The molecule has 0 amide bonds. The summed E-state index contributed by atoms with van der Waals surface area (Å²) in [6.07, 6.45) is 0. The van der Waals surface area contributed by atoms with Crippen LogP contribution in [-0.2, 0) is 0 Å². The van der Waals surface area contributed by atoms with Crippen molar-refractivity contribution in [2.24, 2.45) is 0 Å². The highest BCUT2D eigenvalue weighted by atomic mass is 79.9. The Balaban J connectivity index is 2.19. The van der Waals surface area contributed by atoms with E-state index in [-0.39, 0.29) is 0 Å². The summed E-state index contributed by atoms with van der Waals surface area (Å²) in [7, 11) is 4.84. The zero-order chi connectivity index (χ0) is 15.7. The Morgan fingerprint density at radius 3 is 2.23 bits per heavy atom. The molecular formula is C17H15BrO4. The zero-order valence-corrected chi connectivity index (χ0v) is 14.1. The van der Waals surface area contributed by atoms with Gasteiger partial charge in [-0.15, -0.1) is 0 Å². The predicted molar refractivity (Wildman–Crippen MR) is 89.0 cm³/mol. The molecule has 0 saturated carbocycles. The molecule has 0 atom stereocenters. The molecule has 4 nitrogen and oxygen atoms in total. The van der Waals surface area contributed by atoms with Crippen LogP contribution < -0.4 is 14.2 Å². The van der Waals surface area contributed by atoms with Crippen LogP contribution in [0, 0.1) is 0 Å². The first-order valence-electron chi connectivity index (χ1n) is 6.66. The van der Waals surface area contributed by atoms with Gasteiger partial charge in [0.2, 0.25) is 0 Å². The van der Waals surface area contributed by atoms with E-state index in [2.05, 4.69) is 15.9 Å². The summed E-state index contributed by atoms with van der Waals surface area (Å²) in [4.78, 5) is 0. The number of fused-ring (bicyclic) bond motifs is 1. The summed E-state index contributed by atoms with van der Waals surface area (Å²) in [5.74, 6) is 2.74. The van der Waals surface area contributed by atoms with E-state index in [1.807, 2.05) is 36.4 Å². The minimum absolute atomic E-state index is 0.646. The largest absolute Gasteiger partial charge is 0.493 e. The lowest BCUT2D eigenvalue weighted by atomic mass is 10.1. The van der Waals surface area contributed by atoms with Crippen LogP contribution in [0.15, 0.2) is 45.3 Å². The highest BCUT2D eigenvalue weighted by Gasteiger charge is 2.16. The van der Waals surface area contributed by atoms with Crippen molar-refractivity contribution in [3.05, 3.63) is 40.9 Å². The zero-order valence-electron chi connectivity index (χ0n) is 12.5. The number of hydrogen-bond acceptors (Lipinski definition) is 4. The van der Waals surface area contributed by atoms with E-state index in [4.69, 9.17) is 18.6 Å². The molecule has 0 aliphatic carbocycles. The maximum Gasteiger partial charge on any atom is 0.176 e. The second-order valence-electron chi connectivity index (χ2n) is 4.68. The Kier molecular flexibility index (Phi) is 3.98. The maximum atomic E-state index is 5.98. The summed E-state index contributed by atoms with van der Waals surface area (Å²) in [5.41, 5.74) is 1.61. The highest BCUT2D eigenvalue weighted by Crippen LogP contribution is 2.41. The van der Waals surface area contributed by atoms with Crippen molar-refractivity contribution in [2.75, 3.05) is 21.3 Å². The van der Waals surface area contributed by atoms with Crippen LogP contribution in [-0.4, -0.2) is 21.3 Å². The lowest BCUT2D eigenvalue weighted by Crippen LogP contribution is -1.91. The van der Waals surface area contributed by atoms with Gasteiger partial charge in [-0.1, -0.05) is 12.1 Å². The molecule has 0 N–H and O–H groups in total. The van der Waals surface area contributed by atoms with E-state index >= 15 is 0 Å². The summed E-state index contributed by atoms with van der Waals surface area (Å²) < 4.78 is 22.8. The molecule has 22 heavy (non-hydrogen) atoms. The number of halogens is 1. The van der Waals surface area contributed by atoms with Gasteiger partial charge in [0, 0.05) is 15.4 Å². The summed E-state index contributed by atoms with van der Waals surface area (Å²) in [5, 5.41) is 0.982. The predicted octanol–water partition coefficient (Wildman–Crippen LogP) is 4.89. The summed E-state index contributed by atoms with van der Waals surface area (Å²) in [6.45, 7) is 0. The summed E-state index contributed by atoms with van der Waals surface area (Å²) in [6, 6.07) is 11.5. The Morgan fingerprint density at radius 1 is 0.864 bits per heavy atom. The molecule has 5 heteroatoms. The maximum absolute atomic E-state index is 5.98. The van der Waals surface area contributed by atoms with E-state index in [1.54, 1.807) is 21.3 Å². The van der Waals surface area contributed by atoms with Crippen LogP contribution in [0.5, 0.6) is 17.2 Å². The molecule has 0 saturated heterocycles. The van der Waals surface area contributed by atoms with Crippen molar-refractivity contribution in [2.45, 2.75) is 0 Å². The molecule has 0 radical (unpaired) electrons. The first kappa shape index (κ1) is 14.8. The van der Waals surface area contributed by atoms with Crippen LogP contribution in [0.4, 0.5) is 0 Å². The number of ether oxygens (including phenoxy) is 3. The number of benzene rings is 2. The molecule has 0 aliphatic rings. The standard InChI is InChI=1S/C17H15BrO4/c1-19-13-6-4-5-10-7-14(22-17(10)13)11-8-15(20-2)16(21-3)9-12(11)18/h4-9H,1-3H3. The fraction of sp³-hybridized carbons (Fsp3) is 0.176.